The molecule has 39 heteroatoms. The minimum atomic E-state index is -0.780. The number of nitrogens with one attached hydrogen (secondary N) is 1. The Hall–Kier alpha value is -13.9. The van der Waals surface area contributed by atoms with Gasteiger partial charge in [-0.1, -0.05) is 123 Å². The Morgan fingerprint density at radius 2 is 0.667 bits per heavy atom. The van der Waals surface area contributed by atoms with Crippen LogP contribution < -0.4 is 29.2 Å². The van der Waals surface area contributed by atoms with Gasteiger partial charge in [0.25, 0.3) is 17.7 Å². The van der Waals surface area contributed by atoms with Crippen LogP contribution in [0.1, 0.15) is 135 Å². The van der Waals surface area contributed by atoms with Gasteiger partial charge in [-0.15, -0.1) is 0 Å². The first-order valence-corrected chi connectivity index (χ1v) is 42.5. The lowest BCUT2D eigenvalue weighted by molar-refractivity contribution is -0.140. The number of carbonyl (C=O) groups excluding carboxylic acids is 5. The molecule has 0 aliphatic carbocycles. The van der Waals surface area contributed by atoms with Gasteiger partial charge in [0.05, 0.1) is 102 Å². The Morgan fingerprint density at radius 3 is 1.02 bits per heavy atom. The van der Waals surface area contributed by atoms with Crippen molar-refractivity contribution < 1.29 is 149 Å². The van der Waals surface area contributed by atoms with Crippen LogP contribution >= 0.6 is 0 Å². The predicted octanol–water partition coefficient (Wildman–Crippen LogP) is 12.3. The van der Waals surface area contributed by atoms with Gasteiger partial charge in [0, 0.05) is 43.2 Å². The molecule has 7 aliphatic rings. The molecule has 14 rings (SSSR count). The van der Waals surface area contributed by atoms with Crippen molar-refractivity contribution in [2.75, 3.05) is 116 Å². The highest BCUT2D eigenvalue weighted by molar-refractivity contribution is 6.47. The number of oxime groups is 7. The van der Waals surface area contributed by atoms with Crippen molar-refractivity contribution in [3.63, 3.8) is 0 Å². The topological polar surface area (TPSA) is 468 Å². The zero-order chi connectivity index (χ0) is 94.3. The molecule has 5 N–H and O–H groups in total. The summed E-state index contributed by atoms with van der Waals surface area (Å²) >= 11 is 0. The highest BCUT2D eigenvalue weighted by Crippen LogP contribution is 2.31. The van der Waals surface area contributed by atoms with Gasteiger partial charge in [-0.3, -0.25) is 19.6 Å². The number of ether oxygens (including phenoxy) is 16. The number of para-hydroxylation sites is 7. The standard InChI is InChI=1S/C16H20N2O5.C15H19NO5.C14H18N2O5.C14H17NO5.C14H18O4.C11H12N2O4.C9H10O3/c1-19-17-15(16-18-22-11-10-21-16)12-6-2-3-7-13(12)23-14-8-4-5-9-20-14;1-18-15(17)14(16-19-2)11-7-3-4-8-12(11)21-13-9-5-6-10-20-13;1-19-16-13(14(17)15-18)10-6-2-3-7-11(10)21-12-8-4-5-9-20-12;1-18-14(16)13(15-17)10-6-2-3-7-11(10)20-12-8-4-5-9-19-12;1-16-13(15)10-11-6-2-3-7-12(11)18-14-8-4-5-9-17-14;1-15-12-10(11-13-17-7-6-16-11)8-4-2-3-5-9(8)14;1-12-9(11)6-7-4-2-3-5-8(7)10/h2-3,6-7,14H,4-5,8-11H2,1H3;3-4,7-8,13H,5-6,9-10H2,1-2H3;2-3,6-7,12,18H,4-5,8-9H2,1H3,(H,15,17);2-3,6-7,12,17H,4-5,8-9H2,1H3;2-3,6-7,14H,4-5,8-10H2,1H3;2-5,14H,6-7H2,1H3;2-5,10H,6H2,1H3/b17-15+;16-14+;16-13+;15-13+;;12-10+;. The van der Waals surface area contributed by atoms with E-state index in [1.807, 2.05) is 54.6 Å². The smallest absolute Gasteiger partial charge is 0.360 e. The van der Waals surface area contributed by atoms with Crippen LogP contribution in [-0.2, 0) is 118 Å². The number of hydroxylamine groups is 1. The molecule has 7 aliphatic heterocycles. The summed E-state index contributed by atoms with van der Waals surface area (Å²) in [5.74, 6) is 0.699. The molecule has 39 nitrogen and oxygen atoms in total. The monoisotopic (exact) mass is 1840 g/mol. The Kier molecular flexibility index (Phi) is 46.6. The van der Waals surface area contributed by atoms with Gasteiger partial charge in [-0.2, -0.15) is 0 Å². The Labute approximate surface area is 763 Å². The number of aromatic hydroxyl groups is 2. The number of phenolic OH excluding ortho intramolecular Hbond substituents is 2. The summed E-state index contributed by atoms with van der Waals surface area (Å²) in [5, 5.41) is 62.7. The third-order valence-corrected chi connectivity index (χ3v) is 19.2. The number of phenols is 2. The minimum Gasteiger partial charge on any atom is -0.508 e. The summed E-state index contributed by atoms with van der Waals surface area (Å²) in [4.78, 5) is 86.3. The number of nitrogens with zero attached hydrogens (tertiary/aromatic N) is 7. The fourth-order valence-electron chi connectivity index (χ4n) is 12.8. The van der Waals surface area contributed by atoms with Crippen LogP contribution in [0.4, 0.5) is 0 Å². The number of hydrogen-bond donors (Lipinski definition) is 5. The molecule has 712 valence electrons. The number of carbonyl (C=O) groups is 5. The molecule has 5 saturated heterocycles. The van der Waals surface area contributed by atoms with E-state index in [-0.39, 0.29) is 96.7 Å². The number of rotatable bonds is 28. The van der Waals surface area contributed by atoms with Gasteiger partial charge in [-0.25, -0.2) is 15.1 Å². The zero-order valence-corrected chi connectivity index (χ0v) is 74.9. The second-order valence-corrected chi connectivity index (χ2v) is 28.3. The number of esters is 4. The summed E-state index contributed by atoms with van der Waals surface area (Å²) < 4.78 is 86.2. The van der Waals surface area contributed by atoms with Crippen molar-refractivity contribution in [1.82, 2.24) is 5.48 Å². The molecule has 0 spiro atoms. The summed E-state index contributed by atoms with van der Waals surface area (Å²) in [5.41, 5.74) is 5.97. The first kappa shape index (κ1) is 104. The molecule has 7 aromatic carbocycles. The molecule has 7 aromatic rings. The average molecular weight is 1840 g/mol. The Bertz CT molecular complexity index is 4830. The van der Waals surface area contributed by atoms with Crippen LogP contribution in [0, 0.1) is 0 Å². The van der Waals surface area contributed by atoms with E-state index in [4.69, 9.17) is 96.2 Å². The lowest BCUT2D eigenvalue weighted by atomic mass is 10.1. The number of hydrogen-bond acceptors (Lipinski definition) is 38. The van der Waals surface area contributed by atoms with Crippen LogP contribution in [0.25, 0.3) is 0 Å². The molecular weight excluding hydrogens is 1730 g/mol. The van der Waals surface area contributed by atoms with E-state index in [0.29, 0.717) is 120 Å². The SMILES string of the molecule is CO/N=C(/C(=O)NO)c1ccccc1OC1CCCCO1.CO/N=C(/C(=O)OC)c1ccccc1OC1CCCCO1.CO/N=C(/C1=NOCCO1)c1ccccc1O.CO/N=C(/C1=NOCCO1)c1ccccc1OC1CCCCO1.COC(=O)/C(=N/O)c1ccccc1OC1CCCCO1.COC(=O)Cc1ccccc1O.COC(=O)Cc1ccccc1OC1CCCCO1. The van der Waals surface area contributed by atoms with Crippen molar-refractivity contribution in [1.29, 1.82) is 0 Å². The van der Waals surface area contributed by atoms with E-state index in [2.05, 4.69) is 55.1 Å². The van der Waals surface area contributed by atoms with E-state index < -0.39 is 17.8 Å². The maximum Gasteiger partial charge on any atom is 0.360 e. The second-order valence-electron chi connectivity index (χ2n) is 28.3. The largest absolute Gasteiger partial charge is 0.508 e. The van der Waals surface area contributed by atoms with E-state index in [9.17, 15) is 34.2 Å². The van der Waals surface area contributed by atoms with Crippen molar-refractivity contribution >= 4 is 70.1 Å². The molecular formula is C93H114N8O31. The van der Waals surface area contributed by atoms with Crippen LogP contribution in [0.2, 0.25) is 0 Å². The minimum absolute atomic E-state index is 0.0615. The Balaban J connectivity index is 0.000000191. The number of methoxy groups -OCH3 is 4. The highest BCUT2D eigenvalue weighted by Gasteiger charge is 2.30. The van der Waals surface area contributed by atoms with Crippen LogP contribution in [0.15, 0.2) is 206 Å². The quantitative estimate of drug-likeness (QED) is 0.00759. The first-order valence-electron chi connectivity index (χ1n) is 42.5. The molecule has 7 heterocycles. The van der Waals surface area contributed by atoms with E-state index in [1.165, 1.54) is 62.9 Å². The van der Waals surface area contributed by atoms with E-state index in [1.54, 1.807) is 115 Å². The van der Waals surface area contributed by atoms with Crippen LogP contribution in [0.5, 0.6) is 40.2 Å². The van der Waals surface area contributed by atoms with Crippen molar-refractivity contribution in [2.45, 2.75) is 141 Å². The molecule has 5 unspecified atom stereocenters. The van der Waals surface area contributed by atoms with Crippen LogP contribution in [-0.4, -0.2) is 239 Å². The third-order valence-electron chi connectivity index (χ3n) is 19.2. The molecule has 132 heavy (non-hydrogen) atoms. The summed E-state index contributed by atoms with van der Waals surface area (Å²) in [6.45, 7) is 5.06. The maximum atomic E-state index is 11.8. The van der Waals surface area contributed by atoms with Gasteiger partial charge >= 0.3 is 23.9 Å². The first-order chi connectivity index (χ1) is 64.5. The van der Waals surface area contributed by atoms with Gasteiger partial charge < -0.3 is 120 Å². The van der Waals surface area contributed by atoms with E-state index in [0.717, 1.165) is 115 Å². The maximum absolute atomic E-state index is 11.8. The van der Waals surface area contributed by atoms with Gasteiger partial charge in [-0.05, 0) is 147 Å². The summed E-state index contributed by atoms with van der Waals surface area (Å²) in [6, 6.07) is 49.2. The normalized spacial score (nSPS) is 18.2. The van der Waals surface area contributed by atoms with Crippen LogP contribution in [0.3, 0.4) is 0 Å². The molecule has 0 radical (unpaired) electrons. The highest BCUT2D eigenvalue weighted by atomic mass is 16.7. The number of benzene rings is 7. The van der Waals surface area contributed by atoms with Crippen molar-refractivity contribution in [3.05, 3.63) is 209 Å². The van der Waals surface area contributed by atoms with Crippen molar-refractivity contribution in [3.8, 4) is 40.2 Å². The number of amides is 1. The molecule has 0 aromatic heterocycles. The fourth-order valence-corrected chi connectivity index (χ4v) is 12.8. The third kappa shape index (κ3) is 34.5. The fraction of sp³-hybridized carbons (Fsp3) is 0.419. The molecule has 5 atom stereocenters. The average Bonchev–Trinajstić information content (AvgIpc) is 0.825. The molecule has 5 fully saturated rings. The second kappa shape index (κ2) is 59.4. The zero-order valence-electron chi connectivity index (χ0n) is 74.9. The lowest BCUT2D eigenvalue weighted by Crippen LogP contribution is -2.30. The van der Waals surface area contributed by atoms with Gasteiger partial charge in [0.1, 0.15) is 81.9 Å². The van der Waals surface area contributed by atoms with Gasteiger partial charge in [0.2, 0.25) is 0 Å². The molecule has 0 bridgehead atoms. The molecule has 0 saturated carbocycles. The summed E-state index contributed by atoms with van der Waals surface area (Å²) in [7, 11) is 10.8. The van der Waals surface area contributed by atoms with E-state index >= 15 is 0 Å². The van der Waals surface area contributed by atoms with Gasteiger partial charge in [0.15, 0.2) is 73.2 Å². The van der Waals surface area contributed by atoms with Crippen molar-refractivity contribution in [2.24, 2.45) is 36.1 Å². The predicted molar refractivity (Wildman–Crippen MR) is 476 cm³/mol. The Morgan fingerprint density at radius 1 is 0.348 bits per heavy atom. The lowest BCUT2D eigenvalue weighted by Gasteiger charge is -2.25. The summed E-state index contributed by atoms with van der Waals surface area (Å²) in [6.07, 6.45) is 13.6. The molecule has 1 amide bonds.